The van der Waals surface area contributed by atoms with Crippen molar-refractivity contribution >= 4 is 60.4 Å². The van der Waals surface area contributed by atoms with Crippen LogP contribution in [0.5, 0.6) is 0 Å². The second kappa shape index (κ2) is 26.9. The smallest absolute Gasteiger partial charge is 0.261 e. The van der Waals surface area contributed by atoms with Crippen LogP contribution < -0.4 is 14.8 Å². The van der Waals surface area contributed by atoms with Crippen molar-refractivity contribution < 1.29 is 26.4 Å². The molecule has 12 heteroatoms. The molecule has 3 aromatic rings. The lowest BCUT2D eigenvalue weighted by Crippen LogP contribution is -2.37. The fourth-order valence-electron chi connectivity index (χ4n) is 7.25. The number of nitrogens with one attached hydrogen (secondary N) is 3. The van der Waals surface area contributed by atoms with Gasteiger partial charge < -0.3 is 5.32 Å². The van der Waals surface area contributed by atoms with Crippen molar-refractivity contribution in [3.63, 3.8) is 0 Å². The van der Waals surface area contributed by atoms with Gasteiger partial charge >= 0.3 is 0 Å². The molecular weight excluding hydrogens is 826 g/mol. The molecule has 0 bridgehead atoms. The van der Waals surface area contributed by atoms with Crippen LogP contribution in [0.25, 0.3) is 0 Å². The standard InChI is InChI=1S/C49H74ClN3O6S2/c1-6-8-10-12-14-16-18-20-22-24-26-39-28-32-44(33-29-39)60(56,57)52-42-36-41(51-48(55)46(50)47(54)49(3,4)5)37-43(38-42)53-61(58,59)45-34-30-40(31-35-45)27-25-23-21-19-17-15-13-11-9-7-2/h28-38,46,52-53H,6-27H2,1-5H3,(H,51,55). The molecule has 340 valence electrons. The van der Waals surface area contributed by atoms with Crippen molar-refractivity contribution in [3.05, 3.63) is 77.9 Å². The molecule has 0 heterocycles. The molecular formula is C49H74ClN3O6S2. The SMILES string of the molecule is CCCCCCCCCCCCc1ccc(S(=O)(=O)Nc2cc(NC(=O)C(Cl)C(=O)C(C)(C)C)cc(NS(=O)(=O)c3ccc(CCCCCCCCCCCC)cc3)c2)cc1. The first-order valence-corrected chi connectivity index (χ1v) is 26.3. The molecule has 61 heavy (non-hydrogen) atoms. The van der Waals surface area contributed by atoms with Crippen LogP contribution in [-0.2, 0) is 42.5 Å². The lowest BCUT2D eigenvalue weighted by atomic mass is 9.88. The first kappa shape index (κ1) is 51.9. The highest BCUT2D eigenvalue weighted by atomic mass is 35.5. The number of alkyl halides is 1. The lowest BCUT2D eigenvalue weighted by molar-refractivity contribution is -0.130. The Labute approximate surface area is 374 Å². The Kier molecular flexibility index (Phi) is 22.9. The topological polar surface area (TPSA) is 139 Å². The molecule has 0 saturated carbocycles. The minimum atomic E-state index is -4.13. The second-order valence-electron chi connectivity index (χ2n) is 17.6. The predicted molar refractivity (Wildman–Crippen MR) is 255 cm³/mol. The molecule has 0 aromatic heterocycles. The number of ketones is 1. The Morgan fingerprint density at radius 3 is 1.15 bits per heavy atom. The van der Waals surface area contributed by atoms with Gasteiger partial charge in [0.2, 0.25) is 5.91 Å². The monoisotopic (exact) mass is 899 g/mol. The highest BCUT2D eigenvalue weighted by Gasteiger charge is 2.33. The molecule has 3 aromatic carbocycles. The fraction of sp³-hybridized carbons (Fsp3) is 0.592. The quantitative estimate of drug-likeness (QED) is 0.0334. The van der Waals surface area contributed by atoms with E-state index in [1.54, 1.807) is 45.0 Å². The van der Waals surface area contributed by atoms with Crippen LogP contribution in [0.1, 0.15) is 174 Å². The zero-order valence-corrected chi connectivity index (χ0v) is 40.0. The van der Waals surface area contributed by atoms with Crippen LogP contribution >= 0.6 is 11.6 Å². The molecule has 0 saturated heterocycles. The van der Waals surface area contributed by atoms with Gasteiger partial charge in [0.05, 0.1) is 21.2 Å². The van der Waals surface area contributed by atoms with Crippen molar-refractivity contribution in [1.29, 1.82) is 0 Å². The Morgan fingerprint density at radius 1 is 0.508 bits per heavy atom. The summed E-state index contributed by atoms with van der Waals surface area (Å²) in [6.07, 6.45) is 26.6. The Morgan fingerprint density at radius 2 is 0.820 bits per heavy atom. The third-order valence-electron chi connectivity index (χ3n) is 11.0. The molecule has 1 atom stereocenters. The van der Waals surface area contributed by atoms with E-state index in [1.807, 2.05) is 24.3 Å². The van der Waals surface area contributed by atoms with Crippen molar-refractivity contribution in [3.8, 4) is 0 Å². The summed E-state index contributed by atoms with van der Waals surface area (Å²) in [5, 5.41) is 1.04. The van der Waals surface area contributed by atoms with Gasteiger partial charge in [-0.05, 0) is 79.3 Å². The molecule has 3 N–H and O–H groups in total. The summed E-state index contributed by atoms with van der Waals surface area (Å²) in [6, 6.07) is 17.5. The predicted octanol–water partition coefficient (Wildman–Crippen LogP) is 13.4. The van der Waals surface area contributed by atoms with E-state index in [9.17, 15) is 26.4 Å². The van der Waals surface area contributed by atoms with Gasteiger partial charge in [0.1, 0.15) is 0 Å². The van der Waals surface area contributed by atoms with Crippen molar-refractivity contribution in [2.75, 3.05) is 14.8 Å². The number of aryl methyl sites for hydroxylation is 2. The van der Waals surface area contributed by atoms with Gasteiger partial charge in [-0.25, -0.2) is 16.8 Å². The Balaban J connectivity index is 1.68. The number of rotatable bonds is 31. The zero-order chi connectivity index (χ0) is 44.7. The minimum Gasteiger partial charge on any atom is -0.324 e. The van der Waals surface area contributed by atoms with E-state index < -0.39 is 42.5 Å². The summed E-state index contributed by atoms with van der Waals surface area (Å²) in [5.74, 6) is -1.33. The summed E-state index contributed by atoms with van der Waals surface area (Å²) in [4.78, 5) is 26.0. The van der Waals surface area contributed by atoms with Gasteiger partial charge in [0.25, 0.3) is 20.0 Å². The highest BCUT2D eigenvalue weighted by molar-refractivity contribution is 7.93. The Bertz CT molecular complexity index is 1860. The molecule has 0 spiro atoms. The van der Waals surface area contributed by atoms with Gasteiger partial charge in [-0.1, -0.05) is 174 Å². The highest BCUT2D eigenvalue weighted by Crippen LogP contribution is 2.29. The second-order valence-corrected chi connectivity index (χ2v) is 21.4. The third-order valence-corrected chi connectivity index (χ3v) is 14.2. The van der Waals surface area contributed by atoms with E-state index in [2.05, 4.69) is 28.6 Å². The van der Waals surface area contributed by atoms with Gasteiger partial charge in [0.15, 0.2) is 11.2 Å². The van der Waals surface area contributed by atoms with Crippen LogP contribution in [0, 0.1) is 5.41 Å². The number of benzene rings is 3. The molecule has 0 fully saturated rings. The van der Waals surface area contributed by atoms with Crippen molar-refractivity contribution in [2.24, 2.45) is 5.41 Å². The summed E-state index contributed by atoms with van der Waals surface area (Å²) in [5.41, 5.74) is 1.22. The number of anilines is 3. The summed E-state index contributed by atoms with van der Waals surface area (Å²) in [7, 11) is -8.25. The molecule has 0 aliphatic heterocycles. The number of carbonyl (C=O) groups excluding carboxylic acids is 2. The first-order chi connectivity index (χ1) is 29.1. The van der Waals surface area contributed by atoms with E-state index in [-0.39, 0.29) is 26.9 Å². The van der Waals surface area contributed by atoms with Crippen molar-refractivity contribution in [2.45, 2.75) is 191 Å². The van der Waals surface area contributed by atoms with E-state index in [1.165, 1.54) is 121 Å². The fourth-order valence-corrected chi connectivity index (χ4v) is 9.72. The summed E-state index contributed by atoms with van der Waals surface area (Å²) >= 11 is 6.27. The number of unbranched alkanes of at least 4 members (excludes halogenated alkanes) is 18. The minimum absolute atomic E-state index is 0.00921. The zero-order valence-electron chi connectivity index (χ0n) is 37.6. The third kappa shape index (κ3) is 19.7. The maximum absolute atomic E-state index is 13.6. The van der Waals surface area contributed by atoms with Crippen molar-refractivity contribution in [1.82, 2.24) is 0 Å². The average Bonchev–Trinajstić information content (AvgIpc) is 3.21. The average molecular weight is 901 g/mol. The van der Waals surface area contributed by atoms with Gasteiger partial charge in [-0.2, -0.15) is 0 Å². The first-order valence-electron chi connectivity index (χ1n) is 22.9. The maximum Gasteiger partial charge on any atom is 0.261 e. The van der Waals surface area contributed by atoms with E-state index in [0.29, 0.717) is 0 Å². The number of carbonyl (C=O) groups is 2. The van der Waals surface area contributed by atoms with Gasteiger partial charge in [-0.15, -0.1) is 11.6 Å². The normalized spacial score (nSPS) is 12.6. The van der Waals surface area contributed by atoms with Crippen LogP contribution in [-0.4, -0.2) is 33.9 Å². The maximum atomic E-state index is 13.6. The van der Waals surface area contributed by atoms with Gasteiger partial charge in [-0.3, -0.25) is 19.0 Å². The lowest BCUT2D eigenvalue weighted by Gasteiger charge is -2.20. The van der Waals surface area contributed by atoms with Crippen LogP contribution in [0.3, 0.4) is 0 Å². The number of hydrogen-bond acceptors (Lipinski definition) is 6. The van der Waals surface area contributed by atoms with E-state index in [0.717, 1.165) is 49.7 Å². The Hall–Kier alpha value is -3.41. The van der Waals surface area contributed by atoms with E-state index in [4.69, 9.17) is 11.6 Å². The largest absolute Gasteiger partial charge is 0.324 e. The molecule has 1 unspecified atom stereocenters. The summed E-state index contributed by atoms with van der Waals surface area (Å²) in [6.45, 7) is 9.41. The molecule has 9 nitrogen and oxygen atoms in total. The number of halogens is 1. The number of hydrogen-bond donors (Lipinski definition) is 3. The molecule has 1 amide bonds. The van der Waals surface area contributed by atoms with E-state index >= 15 is 0 Å². The molecule has 3 rings (SSSR count). The number of sulfonamides is 2. The van der Waals surface area contributed by atoms with Crippen LogP contribution in [0.15, 0.2) is 76.5 Å². The molecule has 0 aliphatic carbocycles. The number of Topliss-reactive ketones (excluding diaryl/α,β-unsaturated/α-hetero) is 1. The molecule has 0 radical (unpaired) electrons. The summed E-state index contributed by atoms with van der Waals surface area (Å²) < 4.78 is 59.6. The van der Waals surface area contributed by atoms with Crippen LogP contribution in [0.2, 0.25) is 0 Å². The van der Waals surface area contributed by atoms with Gasteiger partial charge in [0, 0.05) is 11.1 Å². The molecule has 0 aliphatic rings. The van der Waals surface area contributed by atoms with Crippen LogP contribution in [0.4, 0.5) is 17.1 Å². The number of amides is 1.